The Morgan fingerprint density at radius 1 is 1.40 bits per heavy atom. The Bertz CT molecular complexity index is 387. The number of carboxylic acid groups (broad SMARTS) is 1. The lowest BCUT2D eigenvalue weighted by molar-refractivity contribution is -0.150. The van der Waals surface area contributed by atoms with Crippen molar-refractivity contribution in [2.75, 3.05) is 20.2 Å². The molecule has 1 aliphatic carbocycles. The molecule has 0 aromatic carbocycles. The van der Waals surface area contributed by atoms with Gasteiger partial charge >= 0.3 is 12.0 Å². The van der Waals surface area contributed by atoms with Gasteiger partial charge in [0.25, 0.3) is 0 Å². The summed E-state index contributed by atoms with van der Waals surface area (Å²) in [5, 5.41) is 12.3. The van der Waals surface area contributed by atoms with E-state index < -0.39 is 11.4 Å². The SMILES string of the molecule is COC1CCC(NC(=O)N2CCCC(C)(C(=O)O)C2)C1. The van der Waals surface area contributed by atoms with Gasteiger partial charge in [-0.3, -0.25) is 4.79 Å². The first-order valence-corrected chi connectivity index (χ1v) is 7.26. The number of hydrogen-bond donors (Lipinski definition) is 2. The standard InChI is InChI=1S/C14H24N2O4/c1-14(12(17)18)6-3-7-16(9-14)13(19)15-10-4-5-11(8-10)20-2/h10-11H,3-9H2,1-2H3,(H,15,19)(H,17,18). The molecule has 6 nitrogen and oxygen atoms in total. The Kier molecular flexibility index (Phi) is 4.52. The van der Waals surface area contributed by atoms with Crippen molar-refractivity contribution in [1.29, 1.82) is 0 Å². The third kappa shape index (κ3) is 3.23. The fraction of sp³-hybridized carbons (Fsp3) is 0.857. The molecule has 2 amide bonds. The number of methoxy groups -OCH3 is 1. The van der Waals surface area contributed by atoms with Crippen LogP contribution in [0.1, 0.15) is 39.0 Å². The van der Waals surface area contributed by atoms with Crippen LogP contribution in [0.4, 0.5) is 4.79 Å². The van der Waals surface area contributed by atoms with Gasteiger partial charge in [0, 0.05) is 26.2 Å². The zero-order chi connectivity index (χ0) is 14.8. The zero-order valence-electron chi connectivity index (χ0n) is 12.2. The van der Waals surface area contributed by atoms with E-state index in [9.17, 15) is 14.7 Å². The lowest BCUT2D eigenvalue weighted by atomic mass is 9.82. The van der Waals surface area contributed by atoms with E-state index in [0.717, 1.165) is 25.7 Å². The first-order chi connectivity index (χ1) is 9.44. The van der Waals surface area contributed by atoms with E-state index in [1.807, 2.05) is 0 Å². The van der Waals surface area contributed by atoms with E-state index >= 15 is 0 Å². The van der Waals surface area contributed by atoms with Crippen LogP contribution in [-0.4, -0.2) is 54.4 Å². The van der Waals surface area contributed by atoms with E-state index in [-0.39, 0.29) is 24.7 Å². The lowest BCUT2D eigenvalue weighted by Gasteiger charge is -2.37. The molecule has 3 unspecified atom stereocenters. The second kappa shape index (κ2) is 5.99. The summed E-state index contributed by atoms with van der Waals surface area (Å²) >= 11 is 0. The number of likely N-dealkylation sites (tertiary alicyclic amines) is 1. The number of carboxylic acids is 1. The van der Waals surface area contributed by atoms with E-state index in [1.54, 1.807) is 18.9 Å². The minimum absolute atomic E-state index is 0.140. The normalized spacial score (nSPS) is 34.0. The first kappa shape index (κ1) is 15.1. The van der Waals surface area contributed by atoms with Gasteiger partial charge in [0.1, 0.15) is 0 Å². The highest BCUT2D eigenvalue weighted by Crippen LogP contribution is 2.30. The summed E-state index contributed by atoms with van der Waals surface area (Å²) in [5.41, 5.74) is -0.819. The van der Waals surface area contributed by atoms with Gasteiger partial charge in [0.15, 0.2) is 0 Å². The quantitative estimate of drug-likeness (QED) is 0.822. The van der Waals surface area contributed by atoms with Crippen LogP contribution in [0.5, 0.6) is 0 Å². The first-order valence-electron chi connectivity index (χ1n) is 7.26. The van der Waals surface area contributed by atoms with Crippen LogP contribution in [0.15, 0.2) is 0 Å². The van der Waals surface area contributed by atoms with Crippen LogP contribution in [0.25, 0.3) is 0 Å². The highest BCUT2D eigenvalue weighted by molar-refractivity contribution is 5.78. The largest absolute Gasteiger partial charge is 0.481 e. The van der Waals surface area contributed by atoms with Gasteiger partial charge < -0.3 is 20.1 Å². The van der Waals surface area contributed by atoms with Gasteiger partial charge in [-0.15, -0.1) is 0 Å². The van der Waals surface area contributed by atoms with Crippen molar-refractivity contribution >= 4 is 12.0 Å². The van der Waals surface area contributed by atoms with E-state index in [0.29, 0.717) is 13.0 Å². The van der Waals surface area contributed by atoms with E-state index in [1.165, 1.54) is 0 Å². The molecular weight excluding hydrogens is 260 g/mol. The Morgan fingerprint density at radius 2 is 2.15 bits per heavy atom. The molecule has 2 aliphatic rings. The fourth-order valence-electron chi connectivity index (χ4n) is 3.14. The highest BCUT2D eigenvalue weighted by atomic mass is 16.5. The number of aliphatic carboxylic acids is 1. The molecule has 114 valence electrons. The minimum Gasteiger partial charge on any atom is -0.481 e. The van der Waals surface area contributed by atoms with Crippen molar-refractivity contribution in [2.24, 2.45) is 5.41 Å². The summed E-state index contributed by atoms with van der Waals surface area (Å²) in [6.07, 6.45) is 4.32. The molecule has 1 heterocycles. The van der Waals surface area contributed by atoms with Gasteiger partial charge in [-0.1, -0.05) is 0 Å². The molecule has 1 saturated heterocycles. The second-order valence-electron chi connectivity index (χ2n) is 6.21. The molecule has 20 heavy (non-hydrogen) atoms. The van der Waals surface area contributed by atoms with Gasteiger partial charge in [-0.2, -0.15) is 0 Å². The second-order valence-corrected chi connectivity index (χ2v) is 6.21. The molecule has 1 aliphatic heterocycles. The lowest BCUT2D eigenvalue weighted by Crippen LogP contribution is -2.53. The zero-order valence-corrected chi connectivity index (χ0v) is 12.2. The number of carbonyl (C=O) groups excluding carboxylic acids is 1. The summed E-state index contributed by atoms with van der Waals surface area (Å²) in [5.74, 6) is -0.824. The Hall–Kier alpha value is -1.30. The average Bonchev–Trinajstić information content (AvgIpc) is 2.86. The van der Waals surface area contributed by atoms with Crippen molar-refractivity contribution in [3.05, 3.63) is 0 Å². The van der Waals surface area contributed by atoms with Crippen LogP contribution < -0.4 is 5.32 Å². The maximum Gasteiger partial charge on any atom is 0.317 e. The molecule has 0 aromatic heterocycles. The number of ether oxygens (including phenoxy) is 1. The number of carbonyl (C=O) groups is 2. The highest BCUT2D eigenvalue weighted by Gasteiger charge is 2.40. The Balaban J connectivity index is 1.88. The van der Waals surface area contributed by atoms with Gasteiger partial charge in [-0.25, -0.2) is 4.79 Å². The van der Waals surface area contributed by atoms with Crippen molar-refractivity contribution in [2.45, 2.75) is 51.2 Å². The molecule has 2 N–H and O–H groups in total. The fourth-order valence-corrected chi connectivity index (χ4v) is 3.14. The Morgan fingerprint density at radius 3 is 2.75 bits per heavy atom. The average molecular weight is 284 g/mol. The van der Waals surface area contributed by atoms with E-state index in [4.69, 9.17) is 4.74 Å². The smallest absolute Gasteiger partial charge is 0.317 e. The number of nitrogens with one attached hydrogen (secondary N) is 1. The molecular formula is C14H24N2O4. The number of nitrogens with zero attached hydrogens (tertiary/aromatic N) is 1. The summed E-state index contributed by atoms with van der Waals surface area (Å²) in [6, 6.07) is 0.00406. The molecule has 2 rings (SSSR count). The maximum atomic E-state index is 12.2. The van der Waals surface area contributed by atoms with Crippen LogP contribution in [-0.2, 0) is 9.53 Å². The third-order valence-electron chi connectivity index (χ3n) is 4.55. The number of rotatable bonds is 3. The molecule has 0 aromatic rings. The minimum atomic E-state index is -0.824. The van der Waals surface area contributed by atoms with Crippen LogP contribution in [0.3, 0.4) is 0 Å². The van der Waals surface area contributed by atoms with Crippen LogP contribution in [0.2, 0.25) is 0 Å². The number of amides is 2. The van der Waals surface area contributed by atoms with Crippen molar-refractivity contribution in [3.63, 3.8) is 0 Å². The number of urea groups is 1. The predicted octanol–water partition coefficient (Wildman–Crippen LogP) is 1.45. The number of piperidine rings is 1. The summed E-state index contributed by atoms with van der Waals surface area (Å²) < 4.78 is 5.29. The molecule has 6 heteroatoms. The van der Waals surface area contributed by atoms with Gasteiger partial charge in [-0.05, 0) is 39.0 Å². The molecule has 1 saturated carbocycles. The molecule has 0 spiro atoms. The van der Waals surface area contributed by atoms with Gasteiger partial charge in [0.05, 0.1) is 11.5 Å². The summed E-state index contributed by atoms with van der Waals surface area (Å²) in [4.78, 5) is 25.2. The number of hydrogen-bond acceptors (Lipinski definition) is 3. The third-order valence-corrected chi connectivity index (χ3v) is 4.55. The van der Waals surface area contributed by atoms with E-state index in [2.05, 4.69) is 5.32 Å². The molecule has 3 atom stereocenters. The summed E-state index contributed by atoms with van der Waals surface area (Å²) in [7, 11) is 1.69. The molecule has 0 bridgehead atoms. The predicted molar refractivity (Wildman–Crippen MR) is 73.5 cm³/mol. The van der Waals surface area contributed by atoms with Gasteiger partial charge in [0.2, 0.25) is 0 Å². The molecule has 2 fully saturated rings. The summed E-state index contributed by atoms with van der Waals surface area (Å²) in [6.45, 7) is 2.63. The molecule has 0 radical (unpaired) electrons. The van der Waals surface area contributed by atoms with Crippen molar-refractivity contribution in [3.8, 4) is 0 Å². The van der Waals surface area contributed by atoms with Crippen molar-refractivity contribution in [1.82, 2.24) is 10.2 Å². The Labute approximate surface area is 119 Å². The maximum absolute atomic E-state index is 12.2. The van der Waals surface area contributed by atoms with Crippen LogP contribution in [0, 0.1) is 5.41 Å². The topological polar surface area (TPSA) is 78.9 Å². The van der Waals surface area contributed by atoms with Crippen molar-refractivity contribution < 1.29 is 19.4 Å². The monoisotopic (exact) mass is 284 g/mol. The van der Waals surface area contributed by atoms with Crippen LogP contribution >= 0.6 is 0 Å².